The highest BCUT2D eigenvalue weighted by Crippen LogP contribution is 2.55. The van der Waals surface area contributed by atoms with Gasteiger partial charge in [-0.1, -0.05) is 27.7 Å². The second kappa shape index (κ2) is 7.75. The Bertz CT molecular complexity index is 1030. The topological polar surface area (TPSA) is 55.8 Å². The maximum absolute atomic E-state index is 13.6. The summed E-state index contributed by atoms with van der Waals surface area (Å²) in [6.45, 7) is 8.57. The van der Waals surface area contributed by atoms with Crippen molar-refractivity contribution in [2.24, 2.45) is 10.8 Å². The van der Waals surface area contributed by atoms with Crippen LogP contribution in [-0.4, -0.2) is 37.7 Å². The number of allylic oxidation sites excluding steroid dienone is 4. The summed E-state index contributed by atoms with van der Waals surface area (Å²) in [5.41, 5.74) is 4.27. The van der Waals surface area contributed by atoms with Crippen LogP contribution in [-0.2, 0) is 9.59 Å². The van der Waals surface area contributed by atoms with Crippen molar-refractivity contribution in [3.63, 3.8) is 0 Å². The number of nitrogens with zero attached hydrogens (tertiary/aromatic N) is 1. The van der Waals surface area contributed by atoms with Crippen molar-refractivity contribution in [1.82, 2.24) is 4.90 Å². The van der Waals surface area contributed by atoms with E-state index in [1.54, 1.807) is 14.2 Å². The summed E-state index contributed by atoms with van der Waals surface area (Å²) in [6.07, 6.45) is 2.57. The van der Waals surface area contributed by atoms with Gasteiger partial charge in [0, 0.05) is 48.3 Å². The van der Waals surface area contributed by atoms with Crippen molar-refractivity contribution in [2.45, 2.75) is 59.3 Å². The lowest BCUT2D eigenvalue weighted by Gasteiger charge is -2.48. The Morgan fingerprint density at radius 1 is 0.875 bits per heavy atom. The minimum atomic E-state index is -0.389. The molecule has 1 aromatic rings. The largest absolute Gasteiger partial charge is 0.493 e. The second-order valence-corrected chi connectivity index (χ2v) is 11.7. The van der Waals surface area contributed by atoms with Crippen molar-refractivity contribution in [3.8, 4) is 11.5 Å². The van der Waals surface area contributed by atoms with Gasteiger partial charge in [-0.25, -0.2) is 0 Å². The number of methoxy groups -OCH3 is 2. The Kier molecular flexibility index (Phi) is 5.60. The van der Waals surface area contributed by atoms with Gasteiger partial charge in [0.2, 0.25) is 0 Å². The first-order valence-corrected chi connectivity index (χ1v) is 11.9. The lowest BCUT2D eigenvalue weighted by molar-refractivity contribution is -0.119. The third kappa shape index (κ3) is 3.70. The lowest BCUT2D eigenvalue weighted by atomic mass is 9.64. The quantitative estimate of drug-likeness (QED) is 0.525. The molecule has 6 heteroatoms. The highest BCUT2D eigenvalue weighted by atomic mass is 79.9. The minimum Gasteiger partial charge on any atom is -0.493 e. The molecule has 1 heterocycles. The third-order valence-corrected chi connectivity index (χ3v) is 7.56. The predicted octanol–water partition coefficient (Wildman–Crippen LogP) is 5.78. The van der Waals surface area contributed by atoms with Crippen molar-refractivity contribution in [3.05, 3.63) is 44.7 Å². The fourth-order valence-corrected chi connectivity index (χ4v) is 6.22. The van der Waals surface area contributed by atoms with E-state index in [1.807, 2.05) is 19.2 Å². The van der Waals surface area contributed by atoms with Gasteiger partial charge in [-0.15, -0.1) is 0 Å². The van der Waals surface area contributed by atoms with E-state index in [0.29, 0.717) is 24.3 Å². The fourth-order valence-electron chi connectivity index (χ4n) is 5.60. The van der Waals surface area contributed by atoms with E-state index in [-0.39, 0.29) is 28.3 Å². The van der Waals surface area contributed by atoms with Gasteiger partial charge < -0.3 is 14.4 Å². The first kappa shape index (κ1) is 23.1. The number of Topliss-reactive ketones (excluding diaryl/α,β-unsaturated/α-hetero) is 2. The van der Waals surface area contributed by atoms with Crippen molar-refractivity contribution < 1.29 is 19.1 Å². The average Bonchev–Trinajstić information content (AvgIpc) is 2.67. The first-order chi connectivity index (χ1) is 14.9. The highest BCUT2D eigenvalue weighted by Gasteiger charge is 2.48. The molecule has 32 heavy (non-hydrogen) atoms. The number of carbonyl (C=O) groups excluding carboxylic acids is 2. The number of benzene rings is 1. The number of rotatable bonds is 3. The molecule has 0 N–H and O–H groups in total. The van der Waals surface area contributed by atoms with Crippen LogP contribution in [0.5, 0.6) is 11.5 Å². The number of halogens is 1. The molecule has 172 valence electrons. The van der Waals surface area contributed by atoms with E-state index < -0.39 is 0 Å². The maximum Gasteiger partial charge on any atom is 0.174 e. The zero-order chi connectivity index (χ0) is 23.6. The summed E-state index contributed by atoms with van der Waals surface area (Å²) < 4.78 is 11.8. The van der Waals surface area contributed by atoms with Crippen LogP contribution in [0.25, 0.3) is 0 Å². The zero-order valence-corrected chi connectivity index (χ0v) is 21.6. The van der Waals surface area contributed by atoms with Gasteiger partial charge in [-0.05, 0) is 57.3 Å². The summed E-state index contributed by atoms with van der Waals surface area (Å²) in [6, 6.07) is 3.88. The van der Waals surface area contributed by atoms with Crippen LogP contribution in [0.1, 0.15) is 64.9 Å². The molecule has 0 radical (unpaired) electrons. The SMILES string of the molecule is COc1cc(C2C3=C(CC(C)(C)CC3=O)N(C)C3=C2C(=O)CC(C)(C)C3)cc(Br)c1OC. The smallest absolute Gasteiger partial charge is 0.174 e. The fraction of sp³-hybridized carbons (Fsp3) is 0.538. The van der Waals surface area contributed by atoms with E-state index in [1.165, 1.54) is 0 Å². The summed E-state index contributed by atoms with van der Waals surface area (Å²) in [4.78, 5) is 29.3. The molecule has 0 aromatic heterocycles. The van der Waals surface area contributed by atoms with Gasteiger partial charge in [-0.3, -0.25) is 9.59 Å². The van der Waals surface area contributed by atoms with E-state index in [9.17, 15) is 9.59 Å². The molecular formula is C26H32BrNO4. The van der Waals surface area contributed by atoms with Crippen LogP contribution >= 0.6 is 15.9 Å². The molecule has 0 unspecified atom stereocenters. The van der Waals surface area contributed by atoms with Gasteiger partial charge in [0.25, 0.3) is 0 Å². The molecule has 0 fully saturated rings. The van der Waals surface area contributed by atoms with Crippen LogP contribution in [0.15, 0.2) is 39.1 Å². The summed E-state index contributed by atoms with van der Waals surface area (Å²) >= 11 is 3.60. The van der Waals surface area contributed by atoms with Gasteiger partial charge >= 0.3 is 0 Å². The van der Waals surface area contributed by atoms with Crippen LogP contribution in [0.3, 0.4) is 0 Å². The van der Waals surface area contributed by atoms with E-state index in [0.717, 1.165) is 45.4 Å². The minimum absolute atomic E-state index is 0.112. The Morgan fingerprint density at radius 2 is 1.38 bits per heavy atom. The first-order valence-electron chi connectivity index (χ1n) is 11.1. The third-order valence-electron chi connectivity index (χ3n) is 6.97. The molecular weight excluding hydrogens is 470 g/mol. The molecule has 0 bridgehead atoms. The van der Waals surface area contributed by atoms with Crippen LogP contribution in [0.4, 0.5) is 0 Å². The predicted molar refractivity (Wildman–Crippen MR) is 128 cm³/mol. The zero-order valence-electron chi connectivity index (χ0n) is 20.0. The summed E-state index contributed by atoms with van der Waals surface area (Å²) in [5.74, 6) is 1.04. The molecule has 0 spiro atoms. The lowest BCUT2D eigenvalue weighted by Crippen LogP contribution is -2.43. The van der Waals surface area contributed by atoms with Gasteiger partial charge in [0.15, 0.2) is 23.1 Å². The number of carbonyl (C=O) groups is 2. The van der Waals surface area contributed by atoms with E-state index in [2.05, 4.69) is 48.5 Å². The number of ketones is 2. The monoisotopic (exact) mass is 501 g/mol. The molecule has 0 amide bonds. The van der Waals surface area contributed by atoms with Crippen molar-refractivity contribution in [1.29, 1.82) is 0 Å². The Hall–Kier alpha value is -2.08. The van der Waals surface area contributed by atoms with Crippen LogP contribution in [0, 0.1) is 10.8 Å². The van der Waals surface area contributed by atoms with E-state index >= 15 is 0 Å². The number of hydrogen-bond donors (Lipinski definition) is 0. The Balaban J connectivity index is 2.00. The maximum atomic E-state index is 13.6. The standard InChI is InChI=1S/C26H32BrNO4/c1-25(2)10-16-22(18(29)12-25)21(14-8-15(27)24(32-7)20(9-14)31-6)23-17(28(16)5)11-26(3,4)13-19(23)30/h8-9,21H,10-13H2,1-7H3. The average molecular weight is 502 g/mol. The van der Waals surface area contributed by atoms with Gasteiger partial charge in [0.1, 0.15) is 0 Å². The molecule has 1 aromatic carbocycles. The van der Waals surface area contributed by atoms with Crippen molar-refractivity contribution >= 4 is 27.5 Å². The number of hydrogen-bond acceptors (Lipinski definition) is 5. The van der Waals surface area contributed by atoms with Crippen molar-refractivity contribution in [2.75, 3.05) is 21.3 Å². The Labute approximate surface area is 199 Å². The molecule has 0 saturated carbocycles. The van der Waals surface area contributed by atoms with Crippen LogP contribution < -0.4 is 9.47 Å². The molecule has 0 atom stereocenters. The molecule has 5 nitrogen and oxygen atoms in total. The highest BCUT2D eigenvalue weighted by molar-refractivity contribution is 9.10. The number of ether oxygens (including phenoxy) is 2. The molecule has 0 saturated heterocycles. The second-order valence-electron chi connectivity index (χ2n) is 10.8. The molecule has 4 rings (SSSR count). The van der Waals surface area contributed by atoms with Gasteiger partial charge in [-0.2, -0.15) is 0 Å². The normalized spacial score (nSPS) is 22.7. The molecule has 3 aliphatic rings. The molecule has 2 aliphatic carbocycles. The van der Waals surface area contributed by atoms with E-state index in [4.69, 9.17) is 9.47 Å². The summed E-state index contributed by atoms with van der Waals surface area (Å²) in [7, 11) is 5.22. The Morgan fingerprint density at radius 3 is 1.81 bits per heavy atom. The van der Waals surface area contributed by atoms with Crippen LogP contribution in [0.2, 0.25) is 0 Å². The summed E-state index contributed by atoms with van der Waals surface area (Å²) in [5, 5.41) is 0. The molecule has 1 aliphatic heterocycles. The van der Waals surface area contributed by atoms with Gasteiger partial charge in [0.05, 0.1) is 18.7 Å².